The summed E-state index contributed by atoms with van der Waals surface area (Å²) >= 11 is 6.18. The fourth-order valence-electron chi connectivity index (χ4n) is 3.02. The number of nitrogens with zero attached hydrogens (tertiary/aromatic N) is 2. The molecule has 25 heavy (non-hydrogen) atoms. The molecule has 1 saturated carbocycles. The molecule has 0 saturated heterocycles. The van der Waals surface area contributed by atoms with E-state index in [1.54, 1.807) is 18.3 Å². The van der Waals surface area contributed by atoms with E-state index in [1.807, 2.05) is 0 Å². The number of benzene rings is 1. The Morgan fingerprint density at radius 3 is 2.84 bits per heavy atom. The number of carbonyl (C=O) groups is 1. The minimum absolute atomic E-state index is 0.140. The fraction of sp³-hybridized carbons (Fsp3) is 0.222. The van der Waals surface area contributed by atoms with E-state index in [9.17, 15) is 13.6 Å². The molecule has 3 aromatic rings. The quantitative estimate of drug-likeness (QED) is 0.759. The van der Waals surface area contributed by atoms with Gasteiger partial charge in [0.1, 0.15) is 11.6 Å². The minimum atomic E-state index is -0.657. The molecule has 0 bridgehead atoms. The molecule has 1 fully saturated rings. The van der Waals surface area contributed by atoms with Crippen molar-refractivity contribution in [1.82, 2.24) is 14.9 Å². The lowest BCUT2D eigenvalue weighted by Gasteiger charge is -2.19. The Morgan fingerprint density at radius 2 is 2.12 bits per heavy atom. The Labute approximate surface area is 147 Å². The number of rotatable bonds is 4. The lowest BCUT2D eigenvalue weighted by molar-refractivity contribution is 0.0932. The van der Waals surface area contributed by atoms with Crippen LogP contribution in [0.1, 0.15) is 34.8 Å². The van der Waals surface area contributed by atoms with Gasteiger partial charge in [-0.3, -0.25) is 4.79 Å². The second kappa shape index (κ2) is 6.11. The highest BCUT2D eigenvalue weighted by molar-refractivity contribution is 6.34. The van der Waals surface area contributed by atoms with Crippen LogP contribution in [0, 0.1) is 17.6 Å². The van der Waals surface area contributed by atoms with Gasteiger partial charge in [0.25, 0.3) is 5.91 Å². The zero-order valence-corrected chi connectivity index (χ0v) is 13.8. The third kappa shape index (κ3) is 2.98. The SMILES string of the molecule is O=C(N[C@H](c1ccc(F)cc1F)C1CC1)c1cnn2cccc(Cl)c12. The third-order valence-electron chi connectivity index (χ3n) is 4.41. The first-order chi connectivity index (χ1) is 12.0. The minimum Gasteiger partial charge on any atom is -0.345 e. The van der Waals surface area contributed by atoms with Crippen molar-refractivity contribution < 1.29 is 13.6 Å². The van der Waals surface area contributed by atoms with E-state index in [1.165, 1.54) is 22.8 Å². The van der Waals surface area contributed by atoms with E-state index in [-0.39, 0.29) is 11.8 Å². The maximum atomic E-state index is 14.2. The normalized spacial score (nSPS) is 15.3. The summed E-state index contributed by atoms with van der Waals surface area (Å²) in [4.78, 5) is 12.7. The van der Waals surface area contributed by atoms with E-state index in [0.29, 0.717) is 21.7 Å². The molecule has 2 heterocycles. The van der Waals surface area contributed by atoms with Gasteiger partial charge in [-0.2, -0.15) is 5.10 Å². The summed E-state index contributed by atoms with van der Waals surface area (Å²) in [6, 6.07) is 6.32. The van der Waals surface area contributed by atoms with Crippen LogP contribution in [0.2, 0.25) is 5.02 Å². The van der Waals surface area contributed by atoms with Crippen molar-refractivity contribution >= 4 is 23.0 Å². The molecule has 1 atom stereocenters. The molecule has 0 aliphatic heterocycles. The van der Waals surface area contributed by atoms with Crippen LogP contribution in [-0.4, -0.2) is 15.5 Å². The van der Waals surface area contributed by atoms with Gasteiger partial charge in [-0.15, -0.1) is 0 Å². The second-order valence-electron chi connectivity index (χ2n) is 6.16. The molecule has 7 heteroatoms. The van der Waals surface area contributed by atoms with Crippen LogP contribution < -0.4 is 5.32 Å². The average Bonchev–Trinajstić information content (AvgIpc) is 3.32. The van der Waals surface area contributed by atoms with Crippen LogP contribution in [0.5, 0.6) is 0 Å². The largest absolute Gasteiger partial charge is 0.345 e. The highest BCUT2D eigenvalue weighted by atomic mass is 35.5. The highest BCUT2D eigenvalue weighted by Gasteiger charge is 2.35. The van der Waals surface area contributed by atoms with Gasteiger partial charge in [-0.25, -0.2) is 13.3 Å². The standard InChI is InChI=1S/C18H14ClF2N3O/c19-14-2-1-7-24-17(14)13(9-22-24)18(25)23-16(10-3-4-10)12-6-5-11(20)8-15(12)21/h1-2,5-10,16H,3-4H2,(H,23,25)/t16-/m0/s1. The Balaban J connectivity index is 1.67. The number of fused-ring (bicyclic) bond motifs is 1. The lowest BCUT2D eigenvalue weighted by atomic mass is 10.0. The van der Waals surface area contributed by atoms with E-state index in [2.05, 4.69) is 10.4 Å². The fourth-order valence-corrected chi connectivity index (χ4v) is 3.28. The van der Waals surface area contributed by atoms with Crippen LogP contribution >= 0.6 is 11.6 Å². The number of hydrogen-bond acceptors (Lipinski definition) is 2. The van der Waals surface area contributed by atoms with Crippen LogP contribution in [0.25, 0.3) is 5.52 Å². The predicted octanol–water partition coefficient (Wildman–Crippen LogP) is 4.15. The second-order valence-corrected chi connectivity index (χ2v) is 6.57. The van der Waals surface area contributed by atoms with Crippen molar-refractivity contribution in [3.8, 4) is 0 Å². The average molecular weight is 362 g/mol. The van der Waals surface area contributed by atoms with Gasteiger partial charge in [0, 0.05) is 17.8 Å². The van der Waals surface area contributed by atoms with Gasteiger partial charge >= 0.3 is 0 Å². The summed E-state index contributed by atoms with van der Waals surface area (Å²) in [5.41, 5.74) is 1.11. The molecule has 0 spiro atoms. The van der Waals surface area contributed by atoms with E-state index >= 15 is 0 Å². The number of halogens is 3. The highest BCUT2D eigenvalue weighted by Crippen LogP contribution is 2.42. The summed E-state index contributed by atoms with van der Waals surface area (Å²) in [7, 11) is 0. The molecule has 1 aliphatic carbocycles. The first kappa shape index (κ1) is 16.0. The molecule has 4 rings (SSSR count). The summed E-state index contributed by atoms with van der Waals surface area (Å²) in [5, 5.41) is 7.39. The molecule has 1 amide bonds. The lowest BCUT2D eigenvalue weighted by Crippen LogP contribution is -2.30. The topological polar surface area (TPSA) is 46.4 Å². The van der Waals surface area contributed by atoms with Crippen LogP contribution in [0.15, 0.2) is 42.7 Å². The molecule has 2 aromatic heterocycles. The van der Waals surface area contributed by atoms with Crippen molar-refractivity contribution in [2.24, 2.45) is 5.92 Å². The van der Waals surface area contributed by atoms with E-state index in [4.69, 9.17) is 11.6 Å². The van der Waals surface area contributed by atoms with Gasteiger partial charge in [-0.05, 0) is 37.0 Å². The zero-order valence-electron chi connectivity index (χ0n) is 13.0. The summed E-state index contributed by atoms with van der Waals surface area (Å²) < 4.78 is 28.9. The van der Waals surface area contributed by atoms with E-state index in [0.717, 1.165) is 18.9 Å². The Kier molecular flexibility index (Phi) is 3.92. The number of carbonyl (C=O) groups excluding carboxylic acids is 1. The third-order valence-corrected chi connectivity index (χ3v) is 4.72. The molecule has 0 unspecified atom stereocenters. The molecule has 4 nitrogen and oxygen atoms in total. The van der Waals surface area contributed by atoms with Crippen molar-refractivity contribution in [2.45, 2.75) is 18.9 Å². The van der Waals surface area contributed by atoms with Gasteiger partial charge in [-0.1, -0.05) is 17.7 Å². The van der Waals surface area contributed by atoms with Gasteiger partial charge in [0.2, 0.25) is 0 Å². The molecular weight excluding hydrogens is 348 g/mol. The maximum Gasteiger partial charge on any atom is 0.255 e. The van der Waals surface area contributed by atoms with Crippen molar-refractivity contribution in [3.63, 3.8) is 0 Å². The Hall–Kier alpha value is -2.47. The first-order valence-electron chi connectivity index (χ1n) is 7.92. The molecule has 128 valence electrons. The van der Waals surface area contributed by atoms with Crippen LogP contribution in [0.3, 0.4) is 0 Å². The number of nitrogens with one attached hydrogen (secondary N) is 1. The number of hydrogen-bond donors (Lipinski definition) is 1. The Bertz CT molecular complexity index is 968. The molecule has 0 radical (unpaired) electrons. The molecular formula is C18H14ClF2N3O. The van der Waals surface area contributed by atoms with E-state index < -0.39 is 17.7 Å². The van der Waals surface area contributed by atoms with Crippen LogP contribution in [-0.2, 0) is 0 Å². The van der Waals surface area contributed by atoms with Gasteiger partial charge in [0.15, 0.2) is 0 Å². The van der Waals surface area contributed by atoms with Crippen LogP contribution in [0.4, 0.5) is 8.78 Å². The number of aromatic nitrogens is 2. The smallest absolute Gasteiger partial charge is 0.255 e. The van der Waals surface area contributed by atoms with Gasteiger partial charge < -0.3 is 5.32 Å². The van der Waals surface area contributed by atoms with Crippen molar-refractivity contribution in [1.29, 1.82) is 0 Å². The summed E-state index contributed by atoms with van der Waals surface area (Å²) in [6.45, 7) is 0. The van der Waals surface area contributed by atoms with Crippen molar-refractivity contribution in [2.75, 3.05) is 0 Å². The van der Waals surface area contributed by atoms with Crippen molar-refractivity contribution in [3.05, 3.63) is 70.5 Å². The predicted molar refractivity (Wildman–Crippen MR) is 89.5 cm³/mol. The zero-order chi connectivity index (χ0) is 17.6. The molecule has 1 N–H and O–H groups in total. The molecule has 1 aliphatic rings. The number of amides is 1. The van der Waals surface area contributed by atoms with Gasteiger partial charge in [0.05, 0.1) is 28.3 Å². The summed E-state index contributed by atoms with van der Waals surface area (Å²) in [5.74, 6) is -1.54. The molecule has 1 aromatic carbocycles. The monoisotopic (exact) mass is 361 g/mol. The Morgan fingerprint density at radius 1 is 1.32 bits per heavy atom. The maximum absolute atomic E-state index is 14.2. The number of pyridine rings is 1. The first-order valence-corrected chi connectivity index (χ1v) is 8.30. The summed E-state index contributed by atoms with van der Waals surface area (Å²) in [6.07, 6.45) is 4.89.